The summed E-state index contributed by atoms with van der Waals surface area (Å²) < 4.78 is 5.42. The van der Waals surface area contributed by atoms with Gasteiger partial charge in [-0.2, -0.15) is 0 Å². The number of nitrogens with zero attached hydrogens (tertiary/aromatic N) is 2. The minimum absolute atomic E-state index is 0.0968. The zero-order chi connectivity index (χ0) is 28.0. The van der Waals surface area contributed by atoms with E-state index in [1.807, 2.05) is 43.3 Å². The molecule has 204 valence electrons. The molecule has 40 heavy (non-hydrogen) atoms. The number of nitrogens with one attached hydrogen (secondary N) is 2. The van der Waals surface area contributed by atoms with Crippen LogP contribution in [0.5, 0.6) is 5.75 Å². The molecule has 0 aliphatic carbocycles. The number of benzene rings is 3. The predicted octanol–water partition coefficient (Wildman–Crippen LogP) is 5.17. The number of fused-ring (bicyclic) bond motifs is 5. The predicted molar refractivity (Wildman–Crippen MR) is 154 cm³/mol. The topological polar surface area (TPSA) is 94.7 Å². The van der Waals surface area contributed by atoms with E-state index in [0.29, 0.717) is 29.9 Å². The highest BCUT2D eigenvalue weighted by atomic mass is 16.5. The molecule has 3 aromatic carbocycles. The fraction of sp³-hybridized carbons (Fsp3) is 0.281. The molecule has 2 aliphatic rings. The molecule has 2 unspecified atom stereocenters. The van der Waals surface area contributed by atoms with E-state index in [4.69, 9.17) is 4.74 Å². The zero-order valence-electron chi connectivity index (χ0n) is 22.9. The van der Waals surface area contributed by atoms with E-state index in [9.17, 15) is 14.4 Å². The number of H-pyrrole nitrogens is 1. The first-order valence-corrected chi connectivity index (χ1v) is 13.6. The number of carbonyl (C=O) groups excluding carboxylic acids is 3. The molecule has 0 radical (unpaired) electrons. The Morgan fingerprint density at radius 1 is 1.07 bits per heavy atom. The van der Waals surface area contributed by atoms with Crippen molar-refractivity contribution in [3.63, 3.8) is 0 Å². The van der Waals surface area contributed by atoms with E-state index in [0.717, 1.165) is 35.1 Å². The van der Waals surface area contributed by atoms with Crippen molar-refractivity contribution in [3.8, 4) is 5.75 Å². The van der Waals surface area contributed by atoms with Gasteiger partial charge >= 0.3 is 6.03 Å². The van der Waals surface area contributed by atoms with Gasteiger partial charge in [-0.05, 0) is 74.6 Å². The van der Waals surface area contributed by atoms with Crippen molar-refractivity contribution in [2.24, 2.45) is 0 Å². The summed E-state index contributed by atoms with van der Waals surface area (Å²) in [7, 11) is 1.62. The summed E-state index contributed by atoms with van der Waals surface area (Å²) in [6.45, 7) is 4.13. The molecule has 1 fully saturated rings. The first kappa shape index (κ1) is 25.7. The SMILES string of the molecule is COc1ccc2[nH]c3c(c2c1)CCN1C(=O)N(c2ccccc2C(=O)NC(C)CCc2ccccc2)C(=O)C31C. The number of aryl methyl sites for hydroxylation is 1. The van der Waals surface area contributed by atoms with E-state index in [-0.39, 0.29) is 17.9 Å². The summed E-state index contributed by atoms with van der Waals surface area (Å²) in [5.74, 6) is 0.0369. The van der Waals surface area contributed by atoms with E-state index >= 15 is 0 Å². The molecule has 8 heteroatoms. The summed E-state index contributed by atoms with van der Waals surface area (Å²) >= 11 is 0. The number of methoxy groups -OCH3 is 1. The van der Waals surface area contributed by atoms with Crippen LogP contribution in [-0.2, 0) is 23.2 Å². The lowest BCUT2D eigenvalue weighted by atomic mass is 9.87. The zero-order valence-corrected chi connectivity index (χ0v) is 22.9. The molecular weight excluding hydrogens is 504 g/mol. The quantitative estimate of drug-likeness (QED) is 0.319. The van der Waals surface area contributed by atoms with Gasteiger partial charge in [-0.1, -0.05) is 42.5 Å². The third kappa shape index (κ3) is 4.02. The fourth-order valence-corrected chi connectivity index (χ4v) is 6.02. The van der Waals surface area contributed by atoms with Crippen molar-refractivity contribution in [2.75, 3.05) is 18.6 Å². The number of urea groups is 1. The van der Waals surface area contributed by atoms with Crippen molar-refractivity contribution in [3.05, 3.63) is 95.2 Å². The molecule has 3 heterocycles. The summed E-state index contributed by atoms with van der Waals surface area (Å²) in [5.41, 5.74) is 3.17. The molecular formula is C32H32N4O4. The van der Waals surface area contributed by atoms with Crippen molar-refractivity contribution in [1.29, 1.82) is 0 Å². The number of para-hydroxylation sites is 1. The minimum atomic E-state index is -1.22. The van der Waals surface area contributed by atoms with Gasteiger partial charge in [0.25, 0.3) is 11.8 Å². The molecule has 1 aromatic heterocycles. The first-order chi connectivity index (χ1) is 19.3. The van der Waals surface area contributed by atoms with Gasteiger partial charge in [0.1, 0.15) is 5.75 Å². The lowest BCUT2D eigenvalue weighted by molar-refractivity contribution is -0.125. The van der Waals surface area contributed by atoms with Gasteiger partial charge in [0.05, 0.1) is 24.1 Å². The molecule has 4 amide bonds. The first-order valence-electron chi connectivity index (χ1n) is 13.6. The maximum atomic E-state index is 14.2. The molecule has 2 N–H and O–H groups in total. The number of hydrogen-bond donors (Lipinski definition) is 2. The largest absolute Gasteiger partial charge is 0.497 e. The van der Waals surface area contributed by atoms with E-state index in [1.165, 1.54) is 10.5 Å². The van der Waals surface area contributed by atoms with E-state index in [1.54, 1.807) is 43.2 Å². The van der Waals surface area contributed by atoms with Crippen molar-refractivity contribution in [1.82, 2.24) is 15.2 Å². The Hall–Kier alpha value is -4.59. The van der Waals surface area contributed by atoms with Gasteiger partial charge in [0.2, 0.25) is 0 Å². The Balaban J connectivity index is 1.29. The average molecular weight is 537 g/mol. The molecule has 2 aliphatic heterocycles. The monoisotopic (exact) mass is 536 g/mol. The number of anilines is 1. The Morgan fingerprint density at radius 3 is 2.60 bits per heavy atom. The van der Waals surface area contributed by atoms with Gasteiger partial charge in [-0.3, -0.25) is 9.59 Å². The van der Waals surface area contributed by atoms with Gasteiger partial charge in [0, 0.05) is 23.5 Å². The van der Waals surface area contributed by atoms with Crippen LogP contribution in [0.25, 0.3) is 10.9 Å². The Bertz CT molecular complexity index is 1630. The maximum Gasteiger partial charge on any atom is 0.332 e. The van der Waals surface area contributed by atoms with Crippen molar-refractivity contribution in [2.45, 2.75) is 44.7 Å². The number of rotatable bonds is 7. The molecule has 0 saturated carbocycles. The van der Waals surface area contributed by atoms with Crippen LogP contribution in [0, 0.1) is 0 Å². The Morgan fingerprint density at radius 2 is 1.82 bits per heavy atom. The van der Waals surface area contributed by atoms with Crippen LogP contribution >= 0.6 is 0 Å². The van der Waals surface area contributed by atoms with Crippen LogP contribution < -0.4 is 15.0 Å². The van der Waals surface area contributed by atoms with Crippen molar-refractivity contribution >= 4 is 34.4 Å². The highest BCUT2D eigenvalue weighted by Gasteiger charge is 2.59. The summed E-state index contributed by atoms with van der Waals surface area (Å²) in [4.78, 5) is 47.6. The highest BCUT2D eigenvalue weighted by molar-refractivity contribution is 6.25. The van der Waals surface area contributed by atoms with Gasteiger partial charge in [0.15, 0.2) is 5.54 Å². The molecule has 4 aromatic rings. The second-order valence-corrected chi connectivity index (χ2v) is 10.7. The average Bonchev–Trinajstić information content (AvgIpc) is 3.44. The molecule has 1 saturated heterocycles. The molecule has 0 bridgehead atoms. The van der Waals surface area contributed by atoms with Crippen LogP contribution in [-0.4, -0.2) is 47.4 Å². The molecule has 2 atom stereocenters. The summed E-state index contributed by atoms with van der Waals surface area (Å²) in [6.07, 6.45) is 2.20. The summed E-state index contributed by atoms with van der Waals surface area (Å²) in [5, 5.41) is 4.04. The molecule has 0 spiro atoms. The summed E-state index contributed by atoms with van der Waals surface area (Å²) in [6, 6.07) is 22.2. The number of hydrogen-bond acceptors (Lipinski definition) is 4. The molecule has 8 nitrogen and oxygen atoms in total. The molecule has 6 rings (SSSR count). The third-order valence-corrected chi connectivity index (χ3v) is 8.24. The minimum Gasteiger partial charge on any atom is -0.497 e. The van der Waals surface area contributed by atoms with Crippen LogP contribution in [0.3, 0.4) is 0 Å². The maximum absolute atomic E-state index is 14.2. The Labute approximate surface area is 232 Å². The lowest BCUT2D eigenvalue weighted by Gasteiger charge is -2.35. The normalized spacial score (nSPS) is 19.0. The number of carbonyl (C=O) groups is 3. The fourth-order valence-electron chi connectivity index (χ4n) is 6.02. The third-order valence-electron chi connectivity index (χ3n) is 8.24. The van der Waals surface area contributed by atoms with Gasteiger partial charge in [-0.25, -0.2) is 9.69 Å². The van der Waals surface area contributed by atoms with Crippen molar-refractivity contribution < 1.29 is 19.1 Å². The highest BCUT2D eigenvalue weighted by Crippen LogP contribution is 2.46. The number of aromatic amines is 1. The van der Waals surface area contributed by atoms with Gasteiger partial charge < -0.3 is 19.9 Å². The second-order valence-electron chi connectivity index (χ2n) is 10.7. The van der Waals surface area contributed by atoms with E-state index in [2.05, 4.69) is 22.4 Å². The number of aromatic nitrogens is 1. The van der Waals surface area contributed by atoms with Crippen LogP contribution in [0.1, 0.15) is 47.4 Å². The smallest absolute Gasteiger partial charge is 0.332 e. The van der Waals surface area contributed by atoms with Crippen LogP contribution in [0.15, 0.2) is 72.8 Å². The second kappa shape index (κ2) is 9.86. The van der Waals surface area contributed by atoms with Crippen LogP contribution in [0.4, 0.5) is 10.5 Å². The van der Waals surface area contributed by atoms with Gasteiger partial charge in [-0.15, -0.1) is 0 Å². The van der Waals surface area contributed by atoms with Crippen LogP contribution in [0.2, 0.25) is 0 Å². The Kier molecular flexibility index (Phi) is 6.33. The standard InChI is InChI=1S/C32H32N4O4/c1-20(13-14-21-9-5-4-6-10-21)33-29(37)24-11-7-8-12-27(24)36-30(38)32(2)28-23(17-18-35(32)31(36)39)25-19-22(40-3)15-16-26(25)34-28/h4-12,15-16,19-20,34H,13-14,17-18H2,1-3H3,(H,33,37). The number of amides is 4. The van der Waals surface area contributed by atoms with E-state index < -0.39 is 11.6 Å². The number of imide groups is 1. The lowest BCUT2D eigenvalue weighted by Crippen LogP contribution is -2.49. The number of ether oxygens (including phenoxy) is 1.